The lowest BCUT2D eigenvalue weighted by Gasteiger charge is -2.31. The Hall–Kier alpha value is -0.770. The van der Waals surface area contributed by atoms with Gasteiger partial charge in [0.25, 0.3) is 0 Å². The minimum atomic E-state index is 0.0922. The first-order valence-electron chi connectivity index (χ1n) is 4.21. The van der Waals surface area contributed by atoms with E-state index in [1.54, 1.807) is 0 Å². The highest BCUT2D eigenvalue weighted by Gasteiger charge is 2.17. The third kappa shape index (κ3) is 2.70. The number of morpholine rings is 1. The minimum absolute atomic E-state index is 0.0922. The summed E-state index contributed by atoms with van der Waals surface area (Å²) in [6.07, 6.45) is 0.0922. The van der Waals surface area contributed by atoms with Crippen molar-refractivity contribution in [3.8, 4) is 0 Å². The second-order valence-electron chi connectivity index (χ2n) is 2.80. The number of nitrogens with zero attached hydrogens (tertiary/aromatic N) is 4. The van der Waals surface area contributed by atoms with Crippen LogP contribution in [0, 0.1) is 0 Å². The molecule has 68 valence electrons. The van der Waals surface area contributed by atoms with Crippen molar-refractivity contribution in [3.63, 3.8) is 0 Å². The van der Waals surface area contributed by atoms with E-state index in [9.17, 15) is 0 Å². The highest BCUT2D eigenvalue weighted by atomic mass is 16.5. The number of ether oxygens (including phenoxy) is 1. The third-order valence-electron chi connectivity index (χ3n) is 2.02. The quantitative estimate of drug-likeness (QED) is 0.360. The Balaban J connectivity index is 2.30. The van der Waals surface area contributed by atoms with Crippen LogP contribution in [-0.4, -0.2) is 43.8 Å². The fourth-order valence-electron chi connectivity index (χ4n) is 1.31. The van der Waals surface area contributed by atoms with E-state index in [0.717, 1.165) is 26.2 Å². The number of hydrogen-bond acceptors (Lipinski definition) is 3. The summed E-state index contributed by atoms with van der Waals surface area (Å²) < 4.78 is 5.41. The zero-order valence-corrected chi connectivity index (χ0v) is 7.31. The van der Waals surface area contributed by atoms with Crippen molar-refractivity contribution in [2.75, 3.05) is 32.8 Å². The molecule has 5 nitrogen and oxygen atoms in total. The SMILES string of the molecule is CCN1CCOC(CN=[N+]=[N-])C1. The second-order valence-corrected chi connectivity index (χ2v) is 2.80. The predicted octanol–water partition coefficient (Wildman–Crippen LogP) is 1.02. The molecular formula is C7H14N4O. The summed E-state index contributed by atoms with van der Waals surface area (Å²) in [5, 5.41) is 3.49. The van der Waals surface area contributed by atoms with Crippen LogP contribution in [0.4, 0.5) is 0 Å². The maximum Gasteiger partial charge on any atom is 0.0758 e. The largest absolute Gasteiger partial charge is 0.375 e. The van der Waals surface area contributed by atoms with Crippen molar-refractivity contribution in [2.45, 2.75) is 13.0 Å². The molecule has 0 radical (unpaired) electrons. The number of hydrogen-bond donors (Lipinski definition) is 0. The Morgan fingerprint density at radius 3 is 3.25 bits per heavy atom. The molecule has 1 rings (SSSR count). The van der Waals surface area contributed by atoms with Crippen molar-refractivity contribution >= 4 is 0 Å². The standard InChI is InChI=1S/C7H14N4O/c1-2-11-3-4-12-7(6-11)5-9-10-8/h7H,2-6H2,1H3. The van der Waals surface area contributed by atoms with Crippen LogP contribution in [0.5, 0.6) is 0 Å². The fourth-order valence-corrected chi connectivity index (χ4v) is 1.31. The Morgan fingerprint density at radius 1 is 1.75 bits per heavy atom. The van der Waals surface area contributed by atoms with Crippen molar-refractivity contribution < 1.29 is 4.74 Å². The Labute approximate surface area is 71.9 Å². The van der Waals surface area contributed by atoms with E-state index in [0.29, 0.717) is 6.54 Å². The van der Waals surface area contributed by atoms with Gasteiger partial charge < -0.3 is 4.74 Å². The van der Waals surface area contributed by atoms with E-state index in [1.165, 1.54) is 0 Å². The molecule has 0 N–H and O–H groups in total. The van der Waals surface area contributed by atoms with Crippen molar-refractivity contribution in [3.05, 3.63) is 10.4 Å². The molecule has 0 aromatic carbocycles. The summed E-state index contributed by atoms with van der Waals surface area (Å²) >= 11 is 0. The van der Waals surface area contributed by atoms with E-state index < -0.39 is 0 Å². The molecule has 12 heavy (non-hydrogen) atoms. The van der Waals surface area contributed by atoms with Crippen LogP contribution >= 0.6 is 0 Å². The molecule has 1 unspecified atom stereocenters. The molecule has 1 saturated heterocycles. The second kappa shape index (κ2) is 4.98. The minimum Gasteiger partial charge on any atom is -0.375 e. The van der Waals surface area contributed by atoms with Gasteiger partial charge in [-0.2, -0.15) is 0 Å². The van der Waals surface area contributed by atoms with E-state index in [2.05, 4.69) is 21.8 Å². The van der Waals surface area contributed by atoms with Crippen LogP contribution in [0.3, 0.4) is 0 Å². The monoisotopic (exact) mass is 170 g/mol. The van der Waals surface area contributed by atoms with Crippen LogP contribution in [0.15, 0.2) is 5.11 Å². The van der Waals surface area contributed by atoms with Crippen LogP contribution in [0.25, 0.3) is 10.4 Å². The van der Waals surface area contributed by atoms with E-state index in [1.807, 2.05) is 0 Å². The van der Waals surface area contributed by atoms with Crippen molar-refractivity contribution in [1.82, 2.24) is 4.90 Å². The summed E-state index contributed by atoms with van der Waals surface area (Å²) in [5.74, 6) is 0. The number of likely N-dealkylation sites (N-methyl/N-ethyl adjacent to an activating group) is 1. The molecule has 1 aliphatic rings. The topological polar surface area (TPSA) is 61.2 Å². The summed E-state index contributed by atoms with van der Waals surface area (Å²) in [6, 6.07) is 0. The first-order chi connectivity index (χ1) is 5.86. The maximum absolute atomic E-state index is 8.11. The van der Waals surface area contributed by atoms with Gasteiger partial charge in [0, 0.05) is 18.0 Å². The summed E-state index contributed by atoms with van der Waals surface area (Å²) in [5.41, 5.74) is 8.11. The van der Waals surface area contributed by atoms with Gasteiger partial charge in [-0.05, 0) is 12.1 Å². The highest BCUT2D eigenvalue weighted by molar-refractivity contribution is 4.72. The van der Waals surface area contributed by atoms with Crippen LogP contribution in [0.1, 0.15) is 6.92 Å². The Bertz CT molecular complexity index is 178. The first-order valence-corrected chi connectivity index (χ1v) is 4.21. The predicted molar refractivity (Wildman–Crippen MR) is 45.9 cm³/mol. The van der Waals surface area contributed by atoms with Gasteiger partial charge in [0.15, 0.2) is 0 Å². The van der Waals surface area contributed by atoms with Gasteiger partial charge in [0.1, 0.15) is 0 Å². The average Bonchev–Trinajstić information content (AvgIpc) is 2.15. The molecule has 0 spiro atoms. The number of azide groups is 1. The molecule has 1 atom stereocenters. The first kappa shape index (κ1) is 9.32. The average molecular weight is 170 g/mol. The lowest BCUT2D eigenvalue weighted by Crippen LogP contribution is -2.43. The van der Waals surface area contributed by atoms with Crippen molar-refractivity contribution in [1.29, 1.82) is 0 Å². The summed E-state index contributed by atoms with van der Waals surface area (Å²) in [7, 11) is 0. The van der Waals surface area contributed by atoms with Gasteiger partial charge in [0.05, 0.1) is 19.3 Å². The molecule has 1 fully saturated rings. The van der Waals surface area contributed by atoms with Gasteiger partial charge in [-0.25, -0.2) is 0 Å². The van der Waals surface area contributed by atoms with Crippen LogP contribution in [0.2, 0.25) is 0 Å². The molecule has 0 aliphatic carbocycles. The molecule has 1 heterocycles. The zero-order valence-electron chi connectivity index (χ0n) is 7.31. The molecule has 0 bridgehead atoms. The van der Waals surface area contributed by atoms with Gasteiger partial charge >= 0.3 is 0 Å². The van der Waals surface area contributed by atoms with Crippen LogP contribution < -0.4 is 0 Å². The lowest BCUT2D eigenvalue weighted by atomic mass is 10.3. The van der Waals surface area contributed by atoms with Crippen LogP contribution in [-0.2, 0) is 4.74 Å². The maximum atomic E-state index is 8.11. The van der Waals surface area contributed by atoms with Gasteiger partial charge in [-0.1, -0.05) is 12.0 Å². The smallest absolute Gasteiger partial charge is 0.0758 e. The molecule has 0 aromatic rings. The lowest BCUT2D eigenvalue weighted by molar-refractivity contribution is -0.0211. The fraction of sp³-hybridized carbons (Fsp3) is 1.00. The highest BCUT2D eigenvalue weighted by Crippen LogP contribution is 2.04. The van der Waals surface area contributed by atoms with Crippen molar-refractivity contribution in [2.24, 2.45) is 5.11 Å². The summed E-state index contributed by atoms with van der Waals surface area (Å²) in [6.45, 7) is 6.23. The molecular weight excluding hydrogens is 156 g/mol. The molecule has 0 aromatic heterocycles. The van der Waals surface area contributed by atoms with Gasteiger partial charge in [-0.3, -0.25) is 4.90 Å². The number of rotatable bonds is 3. The molecule has 0 saturated carbocycles. The van der Waals surface area contributed by atoms with Gasteiger partial charge in [-0.15, -0.1) is 0 Å². The normalized spacial score (nSPS) is 24.9. The van der Waals surface area contributed by atoms with Gasteiger partial charge in [0.2, 0.25) is 0 Å². The molecule has 1 aliphatic heterocycles. The van der Waals surface area contributed by atoms with E-state index in [-0.39, 0.29) is 6.10 Å². The Kier molecular flexibility index (Phi) is 3.87. The molecule has 0 amide bonds. The summed E-state index contributed by atoms with van der Waals surface area (Å²) in [4.78, 5) is 5.00. The van der Waals surface area contributed by atoms with E-state index >= 15 is 0 Å². The third-order valence-corrected chi connectivity index (χ3v) is 2.02. The van der Waals surface area contributed by atoms with E-state index in [4.69, 9.17) is 10.3 Å². The zero-order chi connectivity index (χ0) is 8.81. The Morgan fingerprint density at radius 2 is 2.58 bits per heavy atom. The molecule has 5 heteroatoms.